The van der Waals surface area contributed by atoms with Crippen LogP contribution >= 0.6 is 0 Å². The van der Waals surface area contributed by atoms with E-state index in [0.29, 0.717) is 12.0 Å². The molecule has 7 heteroatoms. The molecule has 0 heterocycles. The summed E-state index contributed by atoms with van der Waals surface area (Å²) >= 11 is 0. The van der Waals surface area contributed by atoms with Gasteiger partial charge in [0.25, 0.3) is 0 Å². The summed E-state index contributed by atoms with van der Waals surface area (Å²) in [6.07, 6.45) is 3.53. The van der Waals surface area contributed by atoms with E-state index in [1.165, 1.54) is 20.8 Å². The van der Waals surface area contributed by atoms with E-state index in [-0.39, 0.29) is 47.4 Å². The number of esters is 3. The minimum atomic E-state index is -1.52. The van der Waals surface area contributed by atoms with Gasteiger partial charge in [0, 0.05) is 39.5 Å². The van der Waals surface area contributed by atoms with Gasteiger partial charge in [-0.05, 0) is 43.6 Å². The fourth-order valence-electron chi connectivity index (χ4n) is 6.75. The molecule has 0 aliphatic heterocycles. The largest absolute Gasteiger partial charge is 0.462 e. The molecule has 0 aromatic heterocycles. The molecule has 0 amide bonds. The molecule has 0 saturated heterocycles. The molecule has 3 aliphatic carbocycles. The van der Waals surface area contributed by atoms with Crippen molar-refractivity contribution in [3.63, 3.8) is 0 Å². The summed E-state index contributed by atoms with van der Waals surface area (Å²) in [4.78, 5) is 50.5. The van der Waals surface area contributed by atoms with Crippen molar-refractivity contribution in [3.05, 3.63) is 23.3 Å². The number of ether oxygens (including phenoxy) is 3. The summed E-state index contributed by atoms with van der Waals surface area (Å²) < 4.78 is 17.5. The van der Waals surface area contributed by atoms with Crippen LogP contribution in [0.5, 0.6) is 0 Å². The zero-order valence-corrected chi connectivity index (χ0v) is 21.8. The zero-order valence-electron chi connectivity index (χ0n) is 21.8. The van der Waals surface area contributed by atoms with Crippen LogP contribution in [0.25, 0.3) is 0 Å². The van der Waals surface area contributed by atoms with E-state index in [2.05, 4.69) is 13.8 Å². The molecule has 0 spiro atoms. The quantitative estimate of drug-likeness (QED) is 0.341. The van der Waals surface area contributed by atoms with Crippen molar-refractivity contribution >= 4 is 23.7 Å². The van der Waals surface area contributed by atoms with Crippen molar-refractivity contribution in [3.8, 4) is 0 Å². The van der Waals surface area contributed by atoms with Crippen LogP contribution in [0.4, 0.5) is 0 Å². The molecule has 7 nitrogen and oxygen atoms in total. The Labute approximate surface area is 202 Å². The van der Waals surface area contributed by atoms with Gasteiger partial charge in [0.1, 0.15) is 12.2 Å². The van der Waals surface area contributed by atoms with Gasteiger partial charge in [-0.15, -0.1) is 0 Å². The van der Waals surface area contributed by atoms with Crippen LogP contribution in [0.2, 0.25) is 0 Å². The predicted octanol–water partition coefficient (Wildman–Crippen LogP) is 4.34. The molecular weight excluding hydrogens is 436 g/mol. The highest BCUT2D eigenvalue weighted by Crippen LogP contribution is 2.63. The summed E-state index contributed by atoms with van der Waals surface area (Å²) in [5.41, 5.74) is -1.40. The van der Waals surface area contributed by atoms with Crippen LogP contribution in [0.15, 0.2) is 23.3 Å². The molecule has 7 atom stereocenters. The van der Waals surface area contributed by atoms with Gasteiger partial charge in [-0.3, -0.25) is 19.2 Å². The number of hydrogen-bond donors (Lipinski definition) is 0. The van der Waals surface area contributed by atoms with Gasteiger partial charge >= 0.3 is 17.9 Å². The Kier molecular flexibility index (Phi) is 6.66. The smallest absolute Gasteiger partial charge is 0.303 e. The fraction of sp³-hybridized carbons (Fsp3) is 0.704. The first-order valence-electron chi connectivity index (χ1n) is 12.0. The first-order chi connectivity index (χ1) is 15.6. The summed E-state index contributed by atoms with van der Waals surface area (Å²) in [7, 11) is 0. The van der Waals surface area contributed by atoms with Gasteiger partial charge < -0.3 is 14.2 Å². The lowest BCUT2D eigenvalue weighted by Crippen LogP contribution is -2.55. The molecule has 188 valence electrons. The first kappa shape index (κ1) is 26.2. The van der Waals surface area contributed by atoms with Crippen LogP contribution in [-0.2, 0) is 33.4 Å². The number of ketones is 1. The SMILES string of the molecule is CC(=O)O[C@@H]1C/C(C)=C/[C@@]2(C)[C@@H](OC(C)=O)C(C)CC2(OC(C)=O)C(=O)/C(C)=C/[C@@H]2[C@H]1C2(C)C. The maximum atomic E-state index is 14.1. The third-order valence-electron chi connectivity index (χ3n) is 8.14. The second-order valence-corrected chi connectivity index (χ2v) is 11.3. The minimum absolute atomic E-state index is 0.0374. The lowest BCUT2D eigenvalue weighted by Gasteiger charge is -2.42. The molecule has 2 fully saturated rings. The van der Waals surface area contributed by atoms with Crippen LogP contribution in [0, 0.1) is 28.6 Å². The number of Topliss-reactive ketones (excluding diaryl/α,β-unsaturated/α-hetero) is 1. The summed E-state index contributed by atoms with van der Waals surface area (Å²) in [5.74, 6) is -1.78. The molecule has 2 unspecified atom stereocenters. The van der Waals surface area contributed by atoms with E-state index in [4.69, 9.17) is 14.2 Å². The number of rotatable bonds is 3. The Morgan fingerprint density at radius 2 is 1.56 bits per heavy atom. The highest BCUT2D eigenvalue weighted by molar-refractivity contribution is 6.04. The highest BCUT2D eigenvalue weighted by atomic mass is 16.6. The van der Waals surface area contributed by atoms with E-state index < -0.39 is 29.1 Å². The highest BCUT2D eigenvalue weighted by Gasteiger charge is 2.68. The van der Waals surface area contributed by atoms with Crippen molar-refractivity contribution < 1.29 is 33.4 Å². The van der Waals surface area contributed by atoms with Crippen LogP contribution in [0.1, 0.15) is 75.2 Å². The molecule has 3 aliphatic rings. The lowest BCUT2D eigenvalue weighted by molar-refractivity contribution is -0.179. The summed E-state index contributed by atoms with van der Waals surface area (Å²) in [6, 6.07) is 0. The third kappa shape index (κ3) is 4.22. The summed E-state index contributed by atoms with van der Waals surface area (Å²) in [6.45, 7) is 15.6. The van der Waals surface area contributed by atoms with E-state index >= 15 is 0 Å². The molecule has 34 heavy (non-hydrogen) atoms. The maximum absolute atomic E-state index is 14.1. The Morgan fingerprint density at radius 1 is 0.971 bits per heavy atom. The first-order valence-corrected chi connectivity index (χ1v) is 12.0. The Morgan fingerprint density at radius 3 is 2.09 bits per heavy atom. The zero-order chi connectivity index (χ0) is 25.8. The van der Waals surface area contributed by atoms with Crippen molar-refractivity contribution in [1.82, 2.24) is 0 Å². The third-order valence-corrected chi connectivity index (χ3v) is 8.14. The monoisotopic (exact) mass is 474 g/mol. The van der Waals surface area contributed by atoms with Gasteiger partial charge in [-0.1, -0.05) is 38.5 Å². The average Bonchev–Trinajstić information content (AvgIpc) is 3.14. The molecule has 0 aromatic carbocycles. The topological polar surface area (TPSA) is 96.0 Å². The van der Waals surface area contributed by atoms with Crippen molar-refractivity contribution in [2.75, 3.05) is 0 Å². The number of carbonyl (C=O) groups excluding carboxylic acids is 4. The van der Waals surface area contributed by atoms with Crippen molar-refractivity contribution in [1.29, 1.82) is 0 Å². The number of hydrogen-bond acceptors (Lipinski definition) is 7. The minimum Gasteiger partial charge on any atom is -0.462 e. The second-order valence-electron chi connectivity index (χ2n) is 11.3. The van der Waals surface area contributed by atoms with Gasteiger partial charge in [0.2, 0.25) is 5.78 Å². The Bertz CT molecular complexity index is 973. The van der Waals surface area contributed by atoms with E-state index in [0.717, 1.165) is 5.57 Å². The second kappa shape index (κ2) is 8.65. The predicted molar refractivity (Wildman–Crippen MR) is 125 cm³/mol. The van der Waals surface area contributed by atoms with Crippen LogP contribution in [0.3, 0.4) is 0 Å². The van der Waals surface area contributed by atoms with Crippen LogP contribution < -0.4 is 0 Å². The standard InChI is InChI=1S/C27H38O7/c1-14-10-21(32-17(4)28)22-20(25(22,7)8)11-15(2)23(31)27(34-19(6)30)13-16(3)24(33-18(5)29)26(27,9)12-14/h11-12,16,20-22,24H,10,13H2,1-9H3/b14-12+,15-11+/t16?,20-,21-,22-,24+,26+,27?/m1/s1. The molecule has 0 radical (unpaired) electrons. The van der Waals surface area contributed by atoms with Gasteiger partial charge in [-0.25, -0.2) is 0 Å². The van der Waals surface area contributed by atoms with E-state index in [1.807, 2.05) is 32.9 Å². The molecule has 0 N–H and O–H groups in total. The van der Waals surface area contributed by atoms with Gasteiger partial charge in [0.15, 0.2) is 5.60 Å². The lowest BCUT2D eigenvalue weighted by atomic mass is 9.69. The normalized spacial score (nSPS) is 41.9. The van der Waals surface area contributed by atoms with E-state index in [9.17, 15) is 19.2 Å². The van der Waals surface area contributed by atoms with Crippen LogP contribution in [-0.4, -0.2) is 41.5 Å². The number of fused-ring (bicyclic) bond motifs is 2. The molecule has 0 aromatic rings. The summed E-state index contributed by atoms with van der Waals surface area (Å²) in [5, 5.41) is 0. The van der Waals surface area contributed by atoms with E-state index in [1.54, 1.807) is 6.92 Å². The fourth-order valence-corrected chi connectivity index (χ4v) is 6.75. The van der Waals surface area contributed by atoms with Crippen molar-refractivity contribution in [2.45, 2.75) is 93.0 Å². The van der Waals surface area contributed by atoms with Crippen molar-refractivity contribution in [2.24, 2.45) is 28.6 Å². The van der Waals surface area contributed by atoms with Gasteiger partial charge in [-0.2, -0.15) is 0 Å². The Hall–Kier alpha value is -2.44. The molecule has 2 saturated carbocycles. The number of carbonyl (C=O) groups is 4. The maximum Gasteiger partial charge on any atom is 0.303 e. The number of allylic oxidation sites excluding steroid dienone is 1. The Balaban J connectivity index is 2.26. The molecule has 3 rings (SSSR count). The molecule has 0 bridgehead atoms. The average molecular weight is 475 g/mol. The molecular formula is C27H38O7. The van der Waals surface area contributed by atoms with Gasteiger partial charge in [0.05, 0.1) is 5.41 Å².